The molecule has 0 aliphatic carbocycles. The molecule has 0 spiro atoms. The predicted octanol–water partition coefficient (Wildman–Crippen LogP) is 0.0861. The molecule has 3 aliphatic heterocycles. The minimum Gasteiger partial charge on any atom is -0.461 e. The van der Waals surface area contributed by atoms with Gasteiger partial charge >= 0.3 is 5.97 Å². The van der Waals surface area contributed by atoms with Gasteiger partial charge in [0.25, 0.3) is 0 Å². The Morgan fingerprint density at radius 2 is 1.64 bits per heavy atom. The molecule has 53 heavy (non-hydrogen) atoms. The molecule has 6 amide bonds. The highest BCUT2D eigenvalue weighted by Crippen LogP contribution is 2.23. The number of nitrogens with one attached hydrogen (secondary N) is 3. The second-order valence-electron chi connectivity index (χ2n) is 13.5. The number of aliphatic hydroxyl groups excluding tert-OH is 1. The van der Waals surface area contributed by atoms with Crippen LogP contribution in [0.25, 0.3) is 0 Å². The summed E-state index contributed by atoms with van der Waals surface area (Å²) in [6.45, 7) is 2.10. The van der Waals surface area contributed by atoms with Gasteiger partial charge in [0.05, 0.1) is 6.61 Å². The normalized spacial score (nSPS) is 25.2. The number of fused-ring (bicyclic) bond motifs is 2. The number of allylic oxidation sites excluding steroid dienone is 1. The Bertz CT molecular complexity index is 1570. The molecule has 4 rings (SSSR count). The highest BCUT2D eigenvalue weighted by Gasteiger charge is 2.44. The number of cyclic esters (lactones) is 1. The zero-order valence-electron chi connectivity index (χ0n) is 30.1. The first kappa shape index (κ1) is 40.8. The summed E-state index contributed by atoms with van der Waals surface area (Å²) >= 11 is 0. The maximum Gasteiger partial charge on any atom is 0.328 e. The van der Waals surface area contributed by atoms with Crippen LogP contribution in [0, 0.1) is 11.6 Å². The smallest absolute Gasteiger partial charge is 0.328 e. The number of benzene rings is 1. The summed E-state index contributed by atoms with van der Waals surface area (Å²) in [6.07, 6.45) is 5.96. The summed E-state index contributed by atoms with van der Waals surface area (Å²) in [5.74, 6) is -7.22. The maximum absolute atomic E-state index is 14.2. The monoisotopic (exact) mass is 746 g/mol. The molecule has 1 aromatic carbocycles. The van der Waals surface area contributed by atoms with E-state index in [2.05, 4.69) is 16.0 Å². The van der Waals surface area contributed by atoms with Crippen LogP contribution >= 0.6 is 0 Å². The van der Waals surface area contributed by atoms with Gasteiger partial charge in [0.15, 0.2) is 0 Å². The summed E-state index contributed by atoms with van der Waals surface area (Å²) in [4.78, 5) is 98.3. The van der Waals surface area contributed by atoms with Crippen molar-refractivity contribution in [3.05, 3.63) is 47.5 Å². The van der Waals surface area contributed by atoms with Crippen LogP contribution in [0.3, 0.4) is 0 Å². The molecule has 1 aromatic rings. The standard InChI is InChI=1S/C36H48F2N6O9/c1-4-5-6-7-12-30(46)39-25(17-22-15-23(37)18-24(38)16-22)32(48)41-27-20-53-36(52)29-11-9-14-44(29)33(49)26(19-45)40-31(47)21(2)42(3)35(51)28-10-8-13-43(28)34(27)50/h7,12,15-16,18,21,25-29,45H,4-6,8-11,13-14,17,19-20H2,1-3H3,(H,39,46)(H,40,47)(H,41,48)/t21-,25-,26-,27-,28-,29-/m0/s1. The quantitative estimate of drug-likeness (QED) is 0.146. The Morgan fingerprint density at radius 3 is 2.28 bits per heavy atom. The van der Waals surface area contributed by atoms with Gasteiger partial charge in [-0.15, -0.1) is 0 Å². The minimum absolute atomic E-state index is 0.0345. The van der Waals surface area contributed by atoms with Gasteiger partial charge in [-0.1, -0.05) is 25.8 Å². The number of aliphatic hydroxyl groups is 1. The first-order valence-electron chi connectivity index (χ1n) is 17.9. The van der Waals surface area contributed by atoms with E-state index in [1.807, 2.05) is 6.92 Å². The summed E-state index contributed by atoms with van der Waals surface area (Å²) in [7, 11) is 1.36. The number of hydrogen-bond donors (Lipinski definition) is 4. The fourth-order valence-electron chi connectivity index (χ4n) is 6.66. The molecule has 0 bridgehead atoms. The fraction of sp³-hybridized carbons (Fsp3) is 0.583. The Labute approximate surface area is 306 Å². The van der Waals surface area contributed by atoms with E-state index in [1.165, 1.54) is 29.8 Å². The van der Waals surface area contributed by atoms with Gasteiger partial charge in [0.1, 0.15) is 54.5 Å². The molecule has 0 saturated carbocycles. The van der Waals surface area contributed by atoms with Crippen LogP contribution in [-0.4, -0.2) is 131 Å². The molecule has 0 unspecified atom stereocenters. The Kier molecular flexibility index (Phi) is 14.4. The molecule has 0 aromatic heterocycles. The summed E-state index contributed by atoms with van der Waals surface area (Å²) < 4.78 is 33.8. The highest BCUT2D eigenvalue weighted by molar-refractivity contribution is 5.98. The van der Waals surface area contributed by atoms with E-state index in [9.17, 15) is 47.4 Å². The molecule has 3 aliphatic rings. The fourth-order valence-corrected chi connectivity index (χ4v) is 6.66. The number of unbranched alkanes of at least 4 members (excludes halogenated alkanes) is 2. The first-order chi connectivity index (χ1) is 25.2. The molecule has 3 saturated heterocycles. The maximum atomic E-state index is 14.2. The third-order valence-electron chi connectivity index (χ3n) is 9.73. The van der Waals surface area contributed by atoms with Crippen LogP contribution in [0.1, 0.15) is 64.4 Å². The summed E-state index contributed by atoms with van der Waals surface area (Å²) in [5, 5.41) is 17.5. The van der Waals surface area contributed by atoms with Gasteiger partial charge in [-0.05, 0) is 62.8 Å². The molecule has 3 fully saturated rings. The molecule has 17 heteroatoms. The Hall–Kier alpha value is -4.93. The van der Waals surface area contributed by atoms with Crippen LogP contribution in [-0.2, 0) is 44.7 Å². The van der Waals surface area contributed by atoms with E-state index in [1.54, 1.807) is 6.08 Å². The van der Waals surface area contributed by atoms with Crippen LogP contribution in [0.4, 0.5) is 8.78 Å². The number of halogens is 2. The van der Waals surface area contributed by atoms with Crippen LogP contribution in [0.15, 0.2) is 30.4 Å². The molecule has 3 heterocycles. The van der Waals surface area contributed by atoms with Crippen molar-refractivity contribution in [2.24, 2.45) is 0 Å². The molecule has 15 nitrogen and oxygen atoms in total. The van der Waals surface area contributed by atoms with E-state index in [0.717, 1.165) is 29.9 Å². The lowest BCUT2D eigenvalue weighted by Crippen LogP contribution is -2.61. The zero-order chi connectivity index (χ0) is 38.8. The number of carbonyl (C=O) groups is 7. The first-order valence-corrected chi connectivity index (χ1v) is 17.9. The van der Waals surface area contributed by atoms with Gasteiger partial charge in [0.2, 0.25) is 35.4 Å². The SMILES string of the molecule is CCCCC=CC(=O)N[C@@H](Cc1cc(F)cc(F)c1)C(=O)N[C@H]1COC(=O)[C@@H]2CCCN2C(=O)[C@H](CO)NC(=O)[C@H](C)N(C)C(=O)[C@@H]2CCCN2C1=O. The van der Waals surface area contributed by atoms with E-state index in [4.69, 9.17) is 4.74 Å². The Morgan fingerprint density at radius 1 is 1.00 bits per heavy atom. The summed E-state index contributed by atoms with van der Waals surface area (Å²) in [6, 6.07) is -5.12. The van der Waals surface area contributed by atoms with Crippen LogP contribution in [0.2, 0.25) is 0 Å². The number of hydrogen-bond acceptors (Lipinski definition) is 9. The van der Waals surface area contributed by atoms with Crippen molar-refractivity contribution >= 4 is 41.4 Å². The van der Waals surface area contributed by atoms with Gasteiger partial charge in [0, 0.05) is 32.6 Å². The van der Waals surface area contributed by atoms with Crippen molar-refractivity contribution < 1.29 is 52.2 Å². The topological polar surface area (TPSA) is 195 Å². The molecule has 290 valence electrons. The Balaban J connectivity index is 1.67. The third kappa shape index (κ3) is 10.4. The molecular formula is C36H48F2N6O9. The van der Waals surface area contributed by atoms with Crippen molar-refractivity contribution in [1.82, 2.24) is 30.7 Å². The van der Waals surface area contributed by atoms with Gasteiger partial charge < -0.3 is 40.5 Å². The lowest BCUT2D eigenvalue weighted by Gasteiger charge is -2.34. The van der Waals surface area contributed by atoms with Gasteiger partial charge in [-0.3, -0.25) is 28.8 Å². The average molecular weight is 747 g/mol. The second kappa shape index (κ2) is 18.7. The zero-order valence-corrected chi connectivity index (χ0v) is 30.1. The van der Waals surface area contributed by atoms with Crippen LogP contribution in [0.5, 0.6) is 0 Å². The van der Waals surface area contributed by atoms with Crippen molar-refractivity contribution in [2.75, 3.05) is 33.4 Å². The number of ether oxygens (including phenoxy) is 1. The lowest BCUT2D eigenvalue weighted by molar-refractivity contribution is -0.158. The van der Waals surface area contributed by atoms with Crippen molar-refractivity contribution in [3.8, 4) is 0 Å². The van der Waals surface area contributed by atoms with Crippen molar-refractivity contribution in [3.63, 3.8) is 0 Å². The minimum atomic E-state index is -1.60. The van der Waals surface area contributed by atoms with E-state index < -0.39 is 103 Å². The lowest BCUT2D eigenvalue weighted by atomic mass is 10.0. The molecule has 0 radical (unpaired) electrons. The number of amides is 6. The number of likely N-dealkylation sites (N-methyl/N-ethyl adjacent to an activating group) is 1. The van der Waals surface area contributed by atoms with Crippen molar-refractivity contribution in [1.29, 1.82) is 0 Å². The second-order valence-corrected chi connectivity index (χ2v) is 13.5. The van der Waals surface area contributed by atoms with E-state index in [-0.39, 0.29) is 37.9 Å². The average Bonchev–Trinajstić information content (AvgIpc) is 3.82. The third-order valence-corrected chi connectivity index (χ3v) is 9.73. The summed E-state index contributed by atoms with van der Waals surface area (Å²) in [5.41, 5.74) is 0.0345. The predicted molar refractivity (Wildman–Crippen MR) is 184 cm³/mol. The van der Waals surface area contributed by atoms with Gasteiger partial charge in [-0.2, -0.15) is 0 Å². The number of rotatable bonds is 10. The highest BCUT2D eigenvalue weighted by atomic mass is 19.1. The molecule has 4 N–H and O–H groups in total. The van der Waals surface area contributed by atoms with E-state index >= 15 is 0 Å². The van der Waals surface area contributed by atoms with Crippen LogP contribution < -0.4 is 16.0 Å². The molecule has 6 atom stereocenters. The van der Waals surface area contributed by atoms with Gasteiger partial charge in [-0.25, -0.2) is 13.6 Å². The van der Waals surface area contributed by atoms with Crippen molar-refractivity contribution in [2.45, 2.75) is 101 Å². The molecular weight excluding hydrogens is 698 g/mol. The number of nitrogens with zero attached hydrogens (tertiary/aromatic N) is 3. The van der Waals surface area contributed by atoms with E-state index in [0.29, 0.717) is 25.3 Å². The number of carbonyl (C=O) groups excluding carboxylic acids is 7. The largest absolute Gasteiger partial charge is 0.461 e. The number of esters is 1.